The number of amides is 4. The minimum Gasteiger partial charge on any atom is -0.343 e. The number of imide groups is 1. The van der Waals surface area contributed by atoms with Gasteiger partial charge >= 0.3 is 0 Å². The smallest absolute Gasteiger partial charge is 0.261 e. The number of nitrogens with zero attached hydrogens (tertiary/aromatic N) is 1. The van der Waals surface area contributed by atoms with Crippen molar-refractivity contribution < 1.29 is 19.2 Å². The maximum absolute atomic E-state index is 12.3. The molecule has 1 heterocycles. The van der Waals surface area contributed by atoms with Crippen LogP contribution in [0.25, 0.3) is 0 Å². The number of aryl methyl sites for hydroxylation is 2. The van der Waals surface area contributed by atoms with Gasteiger partial charge in [-0.1, -0.05) is 18.2 Å². The molecule has 27 heavy (non-hydrogen) atoms. The Morgan fingerprint density at radius 3 is 2.26 bits per heavy atom. The molecule has 0 unspecified atom stereocenters. The lowest BCUT2D eigenvalue weighted by molar-refractivity contribution is -0.115. The second-order valence-corrected chi connectivity index (χ2v) is 6.43. The number of anilines is 1. The molecule has 0 fully saturated rings. The predicted molar refractivity (Wildman–Crippen MR) is 99.7 cm³/mol. The maximum atomic E-state index is 12.3. The molecule has 0 saturated heterocycles. The third-order valence-electron chi connectivity index (χ3n) is 4.51. The first-order valence-electron chi connectivity index (χ1n) is 8.40. The van der Waals surface area contributed by atoms with E-state index in [-0.39, 0.29) is 29.1 Å². The summed E-state index contributed by atoms with van der Waals surface area (Å²) in [4.78, 5) is 49.4. The van der Waals surface area contributed by atoms with E-state index >= 15 is 0 Å². The molecule has 0 bridgehead atoms. The van der Waals surface area contributed by atoms with E-state index in [2.05, 4.69) is 10.6 Å². The summed E-state index contributed by atoms with van der Waals surface area (Å²) >= 11 is 0. The Morgan fingerprint density at radius 2 is 1.59 bits per heavy atom. The van der Waals surface area contributed by atoms with E-state index in [0.717, 1.165) is 21.7 Å². The van der Waals surface area contributed by atoms with Crippen molar-refractivity contribution in [3.8, 4) is 0 Å². The van der Waals surface area contributed by atoms with Crippen molar-refractivity contribution in [2.24, 2.45) is 0 Å². The molecule has 7 nitrogen and oxygen atoms in total. The number of benzene rings is 2. The van der Waals surface area contributed by atoms with Crippen LogP contribution < -0.4 is 10.6 Å². The number of hydrogen-bond donors (Lipinski definition) is 2. The molecule has 3 rings (SSSR count). The number of para-hydroxylation sites is 1. The van der Waals surface area contributed by atoms with Crippen molar-refractivity contribution in [3.05, 3.63) is 64.2 Å². The number of hydrogen-bond acceptors (Lipinski definition) is 4. The van der Waals surface area contributed by atoms with Crippen LogP contribution in [0.4, 0.5) is 5.69 Å². The average Bonchev–Trinajstić information content (AvgIpc) is 2.87. The Balaban J connectivity index is 1.66. The molecule has 4 amide bonds. The predicted octanol–water partition coefficient (Wildman–Crippen LogP) is 1.90. The lowest BCUT2D eigenvalue weighted by Crippen LogP contribution is -2.33. The summed E-state index contributed by atoms with van der Waals surface area (Å²) < 4.78 is 0. The fourth-order valence-corrected chi connectivity index (χ4v) is 2.96. The van der Waals surface area contributed by atoms with Gasteiger partial charge in [-0.05, 0) is 43.2 Å². The summed E-state index contributed by atoms with van der Waals surface area (Å²) in [5.41, 5.74) is 3.26. The molecule has 2 aromatic rings. The molecule has 138 valence electrons. The van der Waals surface area contributed by atoms with Gasteiger partial charge < -0.3 is 10.6 Å². The van der Waals surface area contributed by atoms with Crippen molar-refractivity contribution in [1.29, 1.82) is 0 Å². The van der Waals surface area contributed by atoms with Crippen LogP contribution in [0.15, 0.2) is 36.4 Å². The molecule has 0 radical (unpaired) electrons. The van der Waals surface area contributed by atoms with Gasteiger partial charge in [0.05, 0.1) is 17.7 Å². The Kier molecular flexibility index (Phi) is 4.77. The lowest BCUT2D eigenvalue weighted by Gasteiger charge is -2.12. The molecular formula is C20H19N3O4. The van der Waals surface area contributed by atoms with E-state index in [1.54, 1.807) is 0 Å². The minimum absolute atomic E-state index is 0.190. The summed E-state index contributed by atoms with van der Waals surface area (Å²) in [5, 5.41) is 5.31. The standard InChI is InChI=1S/C20H19N3O4/c1-11-5-4-6-12(2)17(11)22-16(24)10-21-18(25)13-7-8-14-15(9-13)20(27)23(3)19(14)26/h4-9H,10H2,1-3H3,(H,21,25)(H,22,24). The lowest BCUT2D eigenvalue weighted by atomic mass is 10.1. The highest BCUT2D eigenvalue weighted by atomic mass is 16.2. The molecule has 0 saturated carbocycles. The van der Waals surface area contributed by atoms with Gasteiger partial charge in [-0.2, -0.15) is 0 Å². The zero-order chi connectivity index (χ0) is 19.7. The number of carbonyl (C=O) groups excluding carboxylic acids is 4. The normalized spacial score (nSPS) is 12.8. The first kappa shape index (κ1) is 18.3. The van der Waals surface area contributed by atoms with Gasteiger partial charge in [0.1, 0.15) is 0 Å². The molecule has 1 aliphatic rings. The first-order valence-corrected chi connectivity index (χ1v) is 8.40. The fraction of sp³-hybridized carbons (Fsp3) is 0.200. The Labute approximate surface area is 156 Å². The zero-order valence-electron chi connectivity index (χ0n) is 15.3. The highest BCUT2D eigenvalue weighted by molar-refractivity contribution is 6.21. The summed E-state index contributed by atoms with van der Waals surface area (Å²) in [6.07, 6.45) is 0. The summed E-state index contributed by atoms with van der Waals surface area (Å²) in [6, 6.07) is 9.96. The van der Waals surface area contributed by atoms with Gasteiger partial charge in [-0.3, -0.25) is 24.1 Å². The quantitative estimate of drug-likeness (QED) is 0.809. The minimum atomic E-state index is -0.496. The molecule has 1 aliphatic heterocycles. The maximum Gasteiger partial charge on any atom is 0.261 e. The van der Waals surface area contributed by atoms with E-state index < -0.39 is 17.7 Å². The van der Waals surface area contributed by atoms with Gasteiger partial charge in [0, 0.05) is 18.3 Å². The van der Waals surface area contributed by atoms with Crippen LogP contribution in [0.3, 0.4) is 0 Å². The van der Waals surface area contributed by atoms with E-state index in [1.807, 2.05) is 32.0 Å². The van der Waals surface area contributed by atoms with Crippen LogP contribution in [0.1, 0.15) is 42.2 Å². The van der Waals surface area contributed by atoms with Crippen molar-refractivity contribution in [1.82, 2.24) is 10.2 Å². The van der Waals surface area contributed by atoms with Crippen LogP contribution in [-0.4, -0.2) is 42.1 Å². The van der Waals surface area contributed by atoms with E-state index in [1.165, 1.54) is 25.2 Å². The summed E-state index contributed by atoms with van der Waals surface area (Å²) in [5.74, 6) is -1.69. The van der Waals surface area contributed by atoms with E-state index in [4.69, 9.17) is 0 Å². The molecule has 2 N–H and O–H groups in total. The van der Waals surface area contributed by atoms with Crippen molar-refractivity contribution in [3.63, 3.8) is 0 Å². The van der Waals surface area contributed by atoms with E-state index in [0.29, 0.717) is 0 Å². The highest BCUT2D eigenvalue weighted by Crippen LogP contribution is 2.23. The zero-order valence-corrected chi connectivity index (χ0v) is 15.3. The van der Waals surface area contributed by atoms with Gasteiger partial charge in [-0.15, -0.1) is 0 Å². The largest absolute Gasteiger partial charge is 0.343 e. The number of carbonyl (C=O) groups is 4. The second-order valence-electron chi connectivity index (χ2n) is 6.43. The number of rotatable bonds is 4. The molecular weight excluding hydrogens is 346 g/mol. The molecule has 0 atom stereocenters. The molecule has 7 heteroatoms. The van der Waals surface area contributed by atoms with Crippen molar-refractivity contribution in [2.75, 3.05) is 18.9 Å². The average molecular weight is 365 g/mol. The Hall–Kier alpha value is -3.48. The number of fused-ring (bicyclic) bond motifs is 1. The van der Waals surface area contributed by atoms with Crippen LogP contribution in [0.2, 0.25) is 0 Å². The molecule has 2 aromatic carbocycles. The van der Waals surface area contributed by atoms with Crippen LogP contribution in [0.5, 0.6) is 0 Å². The SMILES string of the molecule is Cc1cccc(C)c1NC(=O)CNC(=O)c1ccc2c(c1)C(=O)N(C)C2=O. The van der Waals surface area contributed by atoms with Crippen LogP contribution in [0, 0.1) is 13.8 Å². The number of nitrogens with one attached hydrogen (secondary N) is 2. The van der Waals surface area contributed by atoms with E-state index in [9.17, 15) is 19.2 Å². The fourth-order valence-electron chi connectivity index (χ4n) is 2.96. The monoisotopic (exact) mass is 365 g/mol. The van der Waals surface area contributed by atoms with Crippen molar-refractivity contribution in [2.45, 2.75) is 13.8 Å². The third kappa shape index (κ3) is 3.44. The summed E-state index contributed by atoms with van der Waals surface area (Å²) in [6.45, 7) is 3.57. The van der Waals surface area contributed by atoms with Gasteiger partial charge in [-0.25, -0.2) is 0 Å². The second kappa shape index (κ2) is 7.03. The first-order chi connectivity index (χ1) is 12.8. The van der Waals surface area contributed by atoms with Crippen LogP contribution in [-0.2, 0) is 4.79 Å². The van der Waals surface area contributed by atoms with Gasteiger partial charge in [0.2, 0.25) is 5.91 Å². The molecule has 0 aliphatic carbocycles. The highest BCUT2D eigenvalue weighted by Gasteiger charge is 2.33. The summed E-state index contributed by atoms with van der Waals surface area (Å²) in [7, 11) is 1.39. The van der Waals surface area contributed by atoms with Gasteiger partial charge in [0.15, 0.2) is 0 Å². The topological polar surface area (TPSA) is 95.6 Å². The molecule has 0 aromatic heterocycles. The van der Waals surface area contributed by atoms with Crippen molar-refractivity contribution >= 4 is 29.3 Å². The van der Waals surface area contributed by atoms with Crippen LogP contribution >= 0.6 is 0 Å². The van der Waals surface area contributed by atoms with Gasteiger partial charge in [0.25, 0.3) is 17.7 Å². The molecule has 0 spiro atoms. The Morgan fingerprint density at radius 1 is 0.963 bits per heavy atom. The Bertz CT molecular complexity index is 961. The third-order valence-corrected chi connectivity index (χ3v) is 4.51.